The molecule has 16 nitrogen and oxygen atoms in total. The van der Waals surface area contributed by atoms with Crippen LogP contribution in [0.4, 0.5) is 0 Å². The molecule has 1 amide bonds. The van der Waals surface area contributed by atoms with E-state index < -0.39 is 90.2 Å². The molecule has 32 heavy (non-hydrogen) atoms. The zero-order valence-corrected chi connectivity index (χ0v) is 17.6. The number of carbonyl (C=O) groups excluding carboxylic acids is 1. The third-order valence-electron chi connectivity index (χ3n) is 4.79. The summed E-state index contributed by atoms with van der Waals surface area (Å²) in [5, 5.41) is 52.7. The second-order valence-corrected chi connectivity index (χ2v) is 8.13. The number of aliphatic hydroxyl groups excluding tert-OH is 4. The van der Waals surface area contributed by atoms with Crippen molar-refractivity contribution in [1.82, 2.24) is 5.32 Å². The van der Waals surface area contributed by atoms with Gasteiger partial charge in [0, 0.05) is 14.0 Å². The Morgan fingerprint density at radius 2 is 1.66 bits per heavy atom. The SMILES string of the molecule is COC1C(O)C(OC2C(O)C(COS(=O)(=O)O)OC(O)C2NC(C)=O)OC(C(=O)O)C1O. The van der Waals surface area contributed by atoms with Gasteiger partial charge in [0.15, 0.2) is 18.7 Å². The van der Waals surface area contributed by atoms with E-state index in [1.165, 1.54) is 0 Å². The van der Waals surface area contributed by atoms with E-state index in [1.807, 2.05) is 0 Å². The molecule has 10 atom stereocenters. The third kappa shape index (κ3) is 6.29. The van der Waals surface area contributed by atoms with Crippen LogP contribution >= 0.6 is 0 Å². The smallest absolute Gasteiger partial charge is 0.397 e. The van der Waals surface area contributed by atoms with Gasteiger partial charge in [0.2, 0.25) is 5.91 Å². The summed E-state index contributed by atoms with van der Waals surface area (Å²) in [6, 6.07) is -1.50. The number of carbonyl (C=O) groups is 2. The topological polar surface area (TPSA) is 248 Å². The number of hydrogen-bond donors (Lipinski definition) is 7. The number of nitrogens with one attached hydrogen (secondary N) is 1. The van der Waals surface area contributed by atoms with E-state index in [2.05, 4.69) is 9.50 Å². The van der Waals surface area contributed by atoms with Crippen molar-refractivity contribution in [3.05, 3.63) is 0 Å². The number of carboxylic acid groups (broad SMARTS) is 1. The van der Waals surface area contributed by atoms with Crippen molar-refractivity contribution in [3.8, 4) is 0 Å². The first kappa shape index (κ1) is 26.7. The molecule has 10 unspecified atom stereocenters. The molecule has 7 N–H and O–H groups in total. The van der Waals surface area contributed by atoms with Crippen LogP contribution in [-0.2, 0) is 43.1 Å². The fourth-order valence-electron chi connectivity index (χ4n) is 3.36. The summed E-state index contributed by atoms with van der Waals surface area (Å²) >= 11 is 0. The van der Waals surface area contributed by atoms with Gasteiger partial charge in [0.05, 0.1) is 6.61 Å². The normalized spacial score (nSPS) is 40.6. The Labute approximate surface area is 181 Å². The van der Waals surface area contributed by atoms with Crippen molar-refractivity contribution in [3.63, 3.8) is 0 Å². The molecule has 0 aliphatic carbocycles. The largest absolute Gasteiger partial charge is 0.479 e. The number of hydrogen-bond acceptors (Lipinski definition) is 13. The zero-order chi connectivity index (χ0) is 24.4. The highest BCUT2D eigenvalue weighted by Gasteiger charge is 2.53. The van der Waals surface area contributed by atoms with Crippen molar-refractivity contribution in [2.24, 2.45) is 0 Å². The van der Waals surface area contributed by atoms with Crippen molar-refractivity contribution < 1.29 is 71.2 Å². The van der Waals surface area contributed by atoms with Gasteiger partial charge < -0.3 is 49.8 Å². The Hall–Kier alpha value is -1.51. The number of carboxylic acids is 1. The maximum Gasteiger partial charge on any atom is 0.397 e. The minimum absolute atomic E-state index is 0.704. The van der Waals surface area contributed by atoms with Crippen molar-refractivity contribution in [1.29, 1.82) is 0 Å². The van der Waals surface area contributed by atoms with E-state index in [4.69, 9.17) is 23.5 Å². The molecule has 2 heterocycles. The molecule has 17 heteroatoms. The van der Waals surface area contributed by atoms with E-state index >= 15 is 0 Å². The second-order valence-electron chi connectivity index (χ2n) is 7.04. The Morgan fingerprint density at radius 3 is 2.16 bits per heavy atom. The molecule has 2 fully saturated rings. The summed E-state index contributed by atoms with van der Waals surface area (Å²) in [7, 11) is -3.86. The Kier molecular flexibility index (Phi) is 8.87. The number of methoxy groups -OCH3 is 1. The number of ether oxygens (including phenoxy) is 4. The molecular formula is C15H25NO15S. The van der Waals surface area contributed by atoms with Crippen molar-refractivity contribution in [2.45, 2.75) is 68.3 Å². The minimum atomic E-state index is -4.94. The van der Waals surface area contributed by atoms with Crippen molar-refractivity contribution >= 4 is 22.3 Å². The lowest BCUT2D eigenvalue weighted by Gasteiger charge is -2.46. The summed E-state index contributed by atoms with van der Waals surface area (Å²) in [5.74, 6) is -2.32. The van der Waals surface area contributed by atoms with Gasteiger partial charge in [0.1, 0.15) is 42.7 Å². The van der Waals surface area contributed by atoms with Gasteiger partial charge in [-0.05, 0) is 0 Å². The van der Waals surface area contributed by atoms with Crippen LogP contribution < -0.4 is 5.32 Å². The molecule has 0 spiro atoms. The summed E-state index contributed by atoms with van der Waals surface area (Å²) in [5.41, 5.74) is 0. The lowest BCUT2D eigenvalue weighted by Crippen LogP contribution is -2.68. The molecule has 2 rings (SSSR count). The van der Waals surface area contributed by atoms with Gasteiger partial charge in [-0.3, -0.25) is 9.35 Å². The van der Waals surface area contributed by atoms with Crippen LogP contribution in [-0.4, -0.2) is 125 Å². The molecule has 0 aromatic carbocycles. The van der Waals surface area contributed by atoms with Crippen LogP contribution in [0.15, 0.2) is 0 Å². The highest BCUT2D eigenvalue weighted by Crippen LogP contribution is 2.30. The van der Waals surface area contributed by atoms with E-state index in [1.54, 1.807) is 0 Å². The Morgan fingerprint density at radius 1 is 1.03 bits per heavy atom. The quantitative estimate of drug-likeness (QED) is 0.158. The fourth-order valence-corrected chi connectivity index (χ4v) is 3.67. The average molecular weight is 491 g/mol. The summed E-state index contributed by atoms with van der Waals surface area (Å²) in [6.45, 7) is 0.0857. The molecule has 0 saturated carbocycles. The Balaban J connectivity index is 2.30. The highest BCUT2D eigenvalue weighted by atomic mass is 32.3. The lowest BCUT2D eigenvalue weighted by molar-refractivity contribution is -0.338. The number of aliphatic hydroxyl groups is 4. The first-order chi connectivity index (χ1) is 14.8. The van der Waals surface area contributed by atoms with Crippen LogP contribution in [0, 0.1) is 0 Å². The van der Waals surface area contributed by atoms with Crippen LogP contribution in [0.1, 0.15) is 6.92 Å². The molecule has 0 bridgehead atoms. The van der Waals surface area contributed by atoms with E-state index in [9.17, 15) is 43.5 Å². The molecule has 2 aliphatic heterocycles. The summed E-state index contributed by atoms with van der Waals surface area (Å²) in [4.78, 5) is 22.9. The molecular weight excluding hydrogens is 466 g/mol. The molecule has 2 saturated heterocycles. The first-order valence-corrected chi connectivity index (χ1v) is 10.5. The number of aliphatic carboxylic acids is 1. The monoisotopic (exact) mass is 491 g/mol. The van der Waals surface area contributed by atoms with E-state index in [0.717, 1.165) is 14.0 Å². The molecule has 0 radical (unpaired) electrons. The minimum Gasteiger partial charge on any atom is -0.479 e. The fraction of sp³-hybridized carbons (Fsp3) is 0.867. The Bertz CT molecular complexity index is 777. The molecule has 186 valence electrons. The van der Waals surface area contributed by atoms with Crippen molar-refractivity contribution in [2.75, 3.05) is 13.7 Å². The van der Waals surface area contributed by atoms with E-state index in [-0.39, 0.29) is 0 Å². The zero-order valence-electron chi connectivity index (χ0n) is 16.7. The maximum absolute atomic E-state index is 11.5. The predicted molar refractivity (Wildman–Crippen MR) is 96.0 cm³/mol. The molecule has 0 aromatic heterocycles. The predicted octanol–water partition coefficient (Wildman–Crippen LogP) is -4.68. The summed E-state index contributed by atoms with van der Waals surface area (Å²) < 4.78 is 54.9. The van der Waals surface area contributed by atoms with Crippen LogP contribution in [0.25, 0.3) is 0 Å². The highest BCUT2D eigenvalue weighted by molar-refractivity contribution is 7.80. The van der Waals surface area contributed by atoms with Gasteiger partial charge in [0.25, 0.3) is 0 Å². The van der Waals surface area contributed by atoms with Crippen LogP contribution in [0.2, 0.25) is 0 Å². The van der Waals surface area contributed by atoms with Gasteiger partial charge in [-0.15, -0.1) is 0 Å². The molecule has 0 aromatic rings. The van der Waals surface area contributed by atoms with Gasteiger partial charge in [-0.2, -0.15) is 8.42 Å². The standard InChI is InChI=1S/C15H25NO15S/c1-4(17)16-6-10(7(18)5(29-14(6)23)3-28-32(24,25)26)30-15-9(20)11(27-2)8(19)12(31-15)13(21)22/h5-12,14-15,18-20,23H,3H2,1-2H3,(H,16,17)(H,21,22)(H,24,25,26). The third-order valence-corrected chi connectivity index (χ3v) is 5.23. The van der Waals surface area contributed by atoms with Crippen LogP contribution in [0.5, 0.6) is 0 Å². The first-order valence-electron chi connectivity index (χ1n) is 9.10. The number of amides is 1. The van der Waals surface area contributed by atoms with Gasteiger partial charge in [-0.1, -0.05) is 0 Å². The molecule has 2 aliphatic rings. The second kappa shape index (κ2) is 10.6. The number of rotatable bonds is 8. The lowest BCUT2D eigenvalue weighted by atomic mass is 9.95. The maximum atomic E-state index is 11.5. The van der Waals surface area contributed by atoms with E-state index in [0.29, 0.717) is 0 Å². The van der Waals surface area contributed by atoms with Gasteiger partial charge in [-0.25, -0.2) is 8.98 Å². The van der Waals surface area contributed by atoms with Crippen LogP contribution in [0.3, 0.4) is 0 Å². The van der Waals surface area contributed by atoms with Gasteiger partial charge >= 0.3 is 16.4 Å². The average Bonchev–Trinajstić information content (AvgIpc) is 2.67. The summed E-state index contributed by atoms with van der Waals surface area (Å²) in [6.07, 6.45) is -15.9.